The molecule has 0 radical (unpaired) electrons. The monoisotopic (exact) mass is 359 g/mol. The van der Waals surface area contributed by atoms with E-state index in [-0.39, 0.29) is 18.5 Å². The third-order valence-corrected chi connectivity index (χ3v) is 3.34. The van der Waals surface area contributed by atoms with Gasteiger partial charge >= 0.3 is 11.6 Å². The van der Waals surface area contributed by atoms with Crippen LogP contribution in [0.5, 0.6) is 0 Å². The quantitative estimate of drug-likeness (QED) is 0.472. The smallest absolute Gasteiger partial charge is 0.336 e. The Labute approximate surface area is 140 Å². The van der Waals surface area contributed by atoms with Gasteiger partial charge in [0.2, 0.25) is 0 Å². The Balaban J connectivity index is 0.000000400. The minimum Gasteiger partial charge on any atom is -0.469 e. The number of ether oxygens (including phenoxy) is 1. The number of carbonyl (C=O) groups is 1. The summed E-state index contributed by atoms with van der Waals surface area (Å²) in [6.45, 7) is 0. The highest BCUT2D eigenvalue weighted by atomic mass is 32.2. The highest BCUT2D eigenvalue weighted by Gasteiger charge is 2.06. The van der Waals surface area contributed by atoms with E-state index in [4.69, 9.17) is 8.97 Å². The van der Waals surface area contributed by atoms with Gasteiger partial charge in [0.05, 0.1) is 12.9 Å². The molecule has 0 saturated heterocycles. The Morgan fingerprint density at radius 1 is 1.21 bits per heavy atom. The van der Waals surface area contributed by atoms with Crippen molar-refractivity contribution in [2.75, 3.05) is 19.9 Å². The van der Waals surface area contributed by atoms with E-state index in [9.17, 15) is 18.0 Å². The van der Waals surface area contributed by atoms with Gasteiger partial charge in [0.15, 0.2) is 0 Å². The average molecular weight is 359 g/mol. The van der Waals surface area contributed by atoms with Crippen molar-refractivity contribution in [1.82, 2.24) is 0 Å². The van der Waals surface area contributed by atoms with Crippen LogP contribution in [-0.4, -0.2) is 38.9 Å². The van der Waals surface area contributed by atoms with Crippen molar-refractivity contribution in [3.05, 3.63) is 46.8 Å². The van der Waals surface area contributed by atoms with E-state index in [2.05, 4.69) is 10.5 Å². The molecular weight excluding hydrogens is 338 g/mol. The average Bonchev–Trinajstić information content (AvgIpc) is 2.56. The first-order valence-corrected chi connectivity index (χ1v) is 8.51. The van der Waals surface area contributed by atoms with Crippen LogP contribution in [0, 0.1) is 0 Å². The van der Waals surface area contributed by atoms with Crippen LogP contribution in [0.2, 0.25) is 0 Å². The van der Waals surface area contributed by atoms with Crippen LogP contribution in [0.4, 0.5) is 0 Å². The van der Waals surface area contributed by atoms with E-state index in [1.807, 2.05) is 18.2 Å². The number of fused-ring (bicyclic) bond motifs is 1. The summed E-state index contributed by atoms with van der Waals surface area (Å²) in [5.41, 5.74) is 4.84. The lowest BCUT2D eigenvalue weighted by Crippen LogP contribution is -2.07. The van der Waals surface area contributed by atoms with E-state index < -0.39 is 21.8 Å². The Hall–Kier alpha value is -2.23. The van der Waals surface area contributed by atoms with Crippen LogP contribution in [0.15, 0.2) is 45.6 Å². The van der Waals surface area contributed by atoms with E-state index in [1.54, 1.807) is 12.1 Å². The molecule has 0 aliphatic rings. The number of carbonyl (C=O) groups excluding carboxylic acids is 1. The van der Waals surface area contributed by atoms with Crippen molar-refractivity contribution < 1.29 is 26.9 Å². The maximum Gasteiger partial charge on any atom is 0.336 e. The molecule has 9 heteroatoms. The van der Waals surface area contributed by atoms with Gasteiger partial charge in [-0.05, 0) is 25.6 Å². The van der Waals surface area contributed by atoms with Gasteiger partial charge in [-0.15, -0.1) is 0 Å². The zero-order chi connectivity index (χ0) is 18.6. The van der Waals surface area contributed by atoms with Crippen LogP contribution < -0.4 is 11.4 Å². The van der Waals surface area contributed by atoms with Crippen LogP contribution in [0.25, 0.3) is 11.0 Å². The Morgan fingerprint density at radius 2 is 1.83 bits per heavy atom. The predicted molar refractivity (Wildman–Crippen MR) is 90.3 cm³/mol. The minimum absolute atomic E-state index is 0.0102. The third-order valence-electron chi connectivity index (χ3n) is 2.54. The fourth-order valence-electron chi connectivity index (χ4n) is 1.51. The first-order chi connectivity index (χ1) is 11.3. The molecule has 0 spiro atoms. The number of methoxy groups -OCH3 is 1. The minimum atomic E-state index is -3.94. The van der Waals surface area contributed by atoms with Gasteiger partial charge < -0.3 is 14.9 Å². The van der Waals surface area contributed by atoms with Gasteiger partial charge in [0.1, 0.15) is 5.58 Å². The lowest BCUT2D eigenvalue weighted by Gasteiger charge is -1.96. The van der Waals surface area contributed by atoms with Gasteiger partial charge in [-0.3, -0.25) is 9.35 Å². The lowest BCUT2D eigenvalue weighted by atomic mass is 10.2. The van der Waals surface area contributed by atoms with Crippen molar-refractivity contribution in [2.45, 2.75) is 12.8 Å². The predicted octanol–water partition coefficient (Wildman–Crippen LogP) is 1.20. The highest BCUT2D eigenvalue weighted by molar-refractivity contribution is 7.85. The highest BCUT2D eigenvalue weighted by Crippen LogP contribution is 2.08. The molecule has 8 nitrogen and oxygen atoms in total. The van der Waals surface area contributed by atoms with Gasteiger partial charge in [0.25, 0.3) is 10.1 Å². The molecule has 3 N–H and O–H groups in total. The molecule has 0 fully saturated rings. The molecule has 0 atom stereocenters. The third kappa shape index (κ3) is 9.72. The fourth-order valence-corrected chi connectivity index (χ4v) is 2.02. The molecule has 134 valence electrons. The Bertz CT molecular complexity index is 784. The van der Waals surface area contributed by atoms with Gasteiger partial charge in [-0.2, -0.15) is 8.42 Å². The standard InChI is InChI=1S/C9H6O2.C5H10O5S.CH5N/c10-9-6-5-7-3-1-2-4-8(7)11-9;1-10-5(6)3-2-4-11(7,8)9;1-2/h1-6H;2-4H2,1H3,(H,7,8,9);2H2,1H3. The second-order valence-electron chi connectivity index (χ2n) is 4.26. The fraction of sp³-hybridized carbons (Fsp3) is 0.333. The molecule has 2 aromatic rings. The molecule has 0 unspecified atom stereocenters. The van der Waals surface area contributed by atoms with Crippen molar-refractivity contribution >= 4 is 27.1 Å². The van der Waals surface area contributed by atoms with Gasteiger partial charge in [-0.25, -0.2) is 4.79 Å². The summed E-state index contributed by atoms with van der Waals surface area (Å²) in [7, 11) is -1.22. The molecule has 0 aliphatic heterocycles. The SMILES string of the molecule is CN.COC(=O)CCCS(=O)(=O)O.O=c1ccc2ccccc2o1. The van der Waals surface area contributed by atoms with E-state index in [0.717, 1.165) is 5.39 Å². The molecule has 0 aliphatic carbocycles. The second kappa shape index (κ2) is 11.3. The summed E-state index contributed by atoms with van der Waals surface area (Å²) in [5, 5.41) is 0.951. The first kappa shape index (κ1) is 21.8. The van der Waals surface area contributed by atoms with E-state index in [0.29, 0.717) is 5.58 Å². The van der Waals surface area contributed by atoms with Gasteiger partial charge in [0, 0.05) is 17.9 Å². The van der Waals surface area contributed by atoms with Crippen LogP contribution >= 0.6 is 0 Å². The number of hydrogen-bond acceptors (Lipinski definition) is 7. The summed E-state index contributed by atoms with van der Waals surface area (Å²) in [6, 6.07) is 10.6. The Kier molecular flexibility index (Phi) is 10.3. The molecular formula is C15H21NO7S. The Morgan fingerprint density at radius 3 is 2.42 bits per heavy atom. The molecule has 1 aromatic carbocycles. The van der Waals surface area contributed by atoms with Crippen molar-refractivity contribution in [3.8, 4) is 0 Å². The maximum atomic E-state index is 10.7. The van der Waals surface area contributed by atoms with Crippen molar-refractivity contribution in [2.24, 2.45) is 5.73 Å². The molecule has 0 saturated carbocycles. The van der Waals surface area contributed by atoms with Crippen molar-refractivity contribution in [1.29, 1.82) is 0 Å². The zero-order valence-electron chi connectivity index (χ0n) is 13.5. The molecule has 2 rings (SSSR count). The summed E-state index contributed by atoms with van der Waals surface area (Å²) < 4.78 is 37.6. The van der Waals surface area contributed by atoms with E-state index >= 15 is 0 Å². The lowest BCUT2D eigenvalue weighted by molar-refractivity contribution is -0.140. The second-order valence-corrected chi connectivity index (χ2v) is 5.83. The van der Waals surface area contributed by atoms with Crippen molar-refractivity contribution in [3.63, 3.8) is 0 Å². The topological polar surface area (TPSA) is 137 Å². The van der Waals surface area contributed by atoms with Crippen LogP contribution in [-0.2, 0) is 19.6 Å². The zero-order valence-corrected chi connectivity index (χ0v) is 14.3. The van der Waals surface area contributed by atoms with Crippen LogP contribution in [0.1, 0.15) is 12.8 Å². The number of rotatable bonds is 4. The number of hydrogen-bond donors (Lipinski definition) is 2. The normalized spacial score (nSPS) is 10.0. The van der Waals surface area contributed by atoms with Gasteiger partial charge in [-0.1, -0.05) is 18.2 Å². The first-order valence-electron chi connectivity index (χ1n) is 6.90. The number of benzene rings is 1. The summed E-state index contributed by atoms with van der Waals surface area (Å²) in [5.74, 6) is -0.879. The maximum absolute atomic E-state index is 10.7. The summed E-state index contributed by atoms with van der Waals surface area (Å²) >= 11 is 0. The molecule has 1 aromatic heterocycles. The summed E-state index contributed by atoms with van der Waals surface area (Å²) in [6.07, 6.45) is 0.0990. The largest absolute Gasteiger partial charge is 0.469 e. The molecule has 0 bridgehead atoms. The molecule has 0 amide bonds. The summed E-state index contributed by atoms with van der Waals surface area (Å²) in [4.78, 5) is 21.1. The number of para-hydroxylation sites is 1. The van der Waals surface area contributed by atoms with E-state index in [1.165, 1.54) is 20.2 Å². The molecule has 24 heavy (non-hydrogen) atoms. The number of nitrogens with two attached hydrogens (primary N) is 1. The molecule has 1 heterocycles. The van der Waals surface area contributed by atoms with Crippen LogP contribution in [0.3, 0.4) is 0 Å². The number of esters is 1.